The number of ether oxygens (including phenoxy) is 2. The fourth-order valence-corrected chi connectivity index (χ4v) is 2.96. The maximum atomic E-state index is 11.9. The van der Waals surface area contributed by atoms with Crippen molar-refractivity contribution < 1.29 is 14.3 Å². The molecular weight excluding hydrogens is 300 g/mol. The van der Waals surface area contributed by atoms with E-state index in [2.05, 4.69) is 10.6 Å². The minimum atomic E-state index is -0.205. The predicted molar refractivity (Wildman–Crippen MR) is 85.6 cm³/mol. The molecule has 2 amide bonds. The van der Waals surface area contributed by atoms with Gasteiger partial charge in [-0.05, 0) is 30.5 Å². The van der Waals surface area contributed by atoms with E-state index >= 15 is 0 Å². The third-order valence-electron chi connectivity index (χ3n) is 3.38. The number of rotatable bonds is 4. The van der Waals surface area contributed by atoms with E-state index in [0.29, 0.717) is 18.9 Å². The molecule has 1 aromatic carbocycles. The number of carbonyl (C=O) groups excluding carboxylic acids is 1. The Bertz CT molecular complexity index is 630. The first-order valence-corrected chi connectivity index (χ1v) is 8.06. The average Bonchev–Trinajstić information content (AvgIpc) is 3.07. The largest absolute Gasteiger partial charge is 0.486 e. The van der Waals surface area contributed by atoms with Crippen LogP contribution in [0.1, 0.15) is 17.8 Å². The molecule has 2 heterocycles. The minimum absolute atomic E-state index is 0.00995. The van der Waals surface area contributed by atoms with Crippen LogP contribution in [0.2, 0.25) is 0 Å². The number of nitrogens with one attached hydrogen (secondary N) is 2. The van der Waals surface area contributed by atoms with Crippen molar-refractivity contribution >= 4 is 17.4 Å². The van der Waals surface area contributed by atoms with Crippen LogP contribution in [0.25, 0.3) is 0 Å². The van der Waals surface area contributed by atoms with E-state index in [-0.39, 0.29) is 18.2 Å². The topological polar surface area (TPSA) is 59.6 Å². The molecule has 0 radical (unpaired) electrons. The lowest BCUT2D eigenvalue weighted by Gasteiger charge is -2.26. The molecule has 0 fully saturated rings. The van der Waals surface area contributed by atoms with Crippen LogP contribution in [0, 0.1) is 0 Å². The fraction of sp³-hybridized carbons (Fsp3) is 0.312. The van der Waals surface area contributed by atoms with Crippen LogP contribution in [-0.2, 0) is 0 Å². The van der Waals surface area contributed by atoms with Gasteiger partial charge in [0.15, 0.2) is 17.6 Å². The normalized spacial score (nSPS) is 17.6. The van der Waals surface area contributed by atoms with Gasteiger partial charge in [-0.1, -0.05) is 18.2 Å². The van der Waals surface area contributed by atoms with Crippen molar-refractivity contribution in [2.75, 3.05) is 13.2 Å². The van der Waals surface area contributed by atoms with E-state index in [1.165, 1.54) is 0 Å². The molecule has 6 heteroatoms. The summed E-state index contributed by atoms with van der Waals surface area (Å²) in [5.41, 5.74) is 0. The number of amides is 2. The molecule has 0 saturated carbocycles. The number of hydrogen-bond acceptors (Lipinski definition) is 4. The molecular formula is C16H18N2O3S. The molecule has 1 aromatic heterocycles. The van der Waals surface area contributed by atoms with E-state index in [0.717, 1.165) is 10.6 Å². The number of carbonyl (C=O) groups is 1. The van der Waals surface area contributed by atoms with E-state index in [4.69, 9.17) is 9.47 Å². The van der Waals surface area contributed by atoms with Gasteiger partial charge in [0.2, 0.25) is 0 Å². The first kappa shape index (κ1) is 14.7. The Balaban J connectivity index is 1.46. The summed E-state index contributed by atoms with van der Waals surface area (Å²) in [6.45, 7) is 2.79. The molecule has 3 rings (SSSR count). The van der Waals surface area contributed by atoms with Crippen molar-refractivity contribution in [2.45, 2.75) is 19.1 Å². The number of benzene rings is 1. The van der Waals surface area contributed by atoms with Gasteiger partial charge >= 0.3 is 6.03 Å². The van der Waals surface area contributed by atoms with Crippen molar-refractivity contribution in [3.8, 4) is 11.5 Å². The van der Waals surface area contributed by atoms with E-state index in [1.54, 1.807) is 11.3 Å². The van der Waals surface area contributed by atoms with Gasteiger partial charge in [-0.3, -0.25) is 0 Å². The Kier molecular flexibility index (Phi) is 4.48. The third-order valence-corrected chi connectivity index (χ3v) is 4.43. The summed E-state index contributed by atoms with van der Waals surface area (Å²) in [7, 11) is 0. The highest BCUT2D eigenvalue weighted by Crippen LogP contribution is 2.30. The summed E-state index contributed by atoms with van der Waals surface area (Å²) in [6.07, 6.45) is -0.183. The van der Waals surface area contributed by atoms with Gasteiger partial charge < -0.3 is 20.1 Å². The molecule has 0 spiro atoms. The van der Waals surface area contributed by atoms with Gasteiger partial charge in [0.05, 0.1) is 12.6 Å². The number of thiophene rings is 1. The van der Waals surface area contributed by atoms with Crippen LogP contribution in [0.5, 0.6) is 11.5 Å². The van der Waals surface area contributed by atoms with E-state index < -0.39 is 0 Å². The molecule has 22 heavy (non-hydrogen) atoms. The summed E-state index contributed by atoms with van der Waals surface area (Å²) in [4.78, 5) is 13.0. The Morgan fingerprint density at radius 3 is 2.91 bits per heavy atom. The summed E-state index contributed by atoms with van der Waals surface area (Å²) in [6, 6.07) is 11.3. The Morgan fingerprint density at radius 2 is 2.14 bits per heavy atom. The molecule has 0 unspecified atom stereocenters. The van der Waals surface area contributed by atoms with Gasteiger partial charge in [0.25, 0.3) is 0 Å². The second-order valence-corrected chi connectivity index (χ2v) is 6.07. The smallest absolute Gasteiger partial charge is 0.315 e. The van der Waals surface area contributed by atoms with Gasteiger partial charge in [0.1, 0.15) is 6.61 Å². The number of urea groups is 1. The molecule has 5 nitrogen and oxygen atoms in total. The first-order chi connectivity index (χ1) is 10.7. The lowest BCUT2D eigenvalue weighted by atomic mass is 10.2. The van der Waals surface area contributed by atoms with Crippen molar-refractivity contribution in [2.24, 2.45) is 0 Å². The Morgan fingerprint density at radius 1 is 1.32 bits per heavy atom. The fourth-order valence-electron chi connectivity index (χ4n) is 2.23. The molecule has 0 aliphatic carbocycles. The van der Waals surface area contributed by atoms with Crippen LogP contribution in [0.4, 0.5) is 4.79 Å². The maximum Gasteiger partial charge on any atom is 0.315 e. The van der Waals surface area contributed by atoms with Gasteiger partial charge in [0, 0.05) is 4.88 Å². The van der Waals surface area contributed by atoms with Crippen LogP contribution in [-0.4, -0.2) is 25.3 Å². The SMILES string of the molecule is C[C@H](NC(=O)NC[C@@H]1COc2ccccc2O1)c1cccs1. The van der Waals surface area contributed by atoms with Gasteiger partial charge in [-0.2, -0.15) is 0 Å². The number of fused-ring (bicyclic) bond motifs is 1. The summed E-state index contributed by atoms with van der Waals surface area (Å²) >= 11 is 1.62. The highest BCUT2D eigenvalue weighted by Gasteiger charge is 2.21. The Labute approximate surface area is 133 Å². The standard InChI is InChI=1S/C16H18N2O3S/c1-11(15-7-4-8-22-15)18-16(19)17-9-12-10-20-13-5-2-3-6-14(13)21-12/h2-8,11-12H,9-10H2,1H3,(H2,17,18,19)/t11-,12+/m0/s1. The molecule has 2 atom stereocenters. The Hall–Kier alpha value is -2.21. The first-order valence-electron chi connectivity index (χ1n) is 7.18. The molecule has 0 saturated heterocycles. The molecule has 0 bridgehead atoms. The lowest BCUT2D eigenvalue weighted by Crippen LogP contribution is -2.44. The van der Waals surface area contributed by atoms with Crippen LogP contribution >= 0.6 is 11.3 Å². The lowest BCUT2D eigenvalue weighted by molar-refractivity contribution is 0.0917. The molecule has 1 aliphatic heterocycles. The second-order valence-electron chi connectivity index (χ2n) is 5.09. The van der Waals surface area contributed by atoms with Crippen LogP contribution in [0.3, 0.4) is 0 Å². The average molecular weight is 318 g/mol. The van der Waals surface area contributed by atoms with Crippen molar-refractivity contribution in [3.05, 3.63) is 46.7 Å². The van der Waals surface area contributed by atoms with Crippen LogP contribution in [0.15, 0.2) is 41.8 Å². The summed E-state index contributed by atoms with van der Waals surface area (Å²) in [5.74, 6) is 1.46. The minimum Gasteiger partial charge on any atom is -0.486 e. The summed E-state index contributed by atoms with van der Waals surface area (Å²) in [5, 5.41) is 7.73. The van der Waals surface area contributed by atoms with E-state index in [1.807, 2.05) is 48.7 Å². The van der Waals surface area contributed by atoms with Crippen molar-refractivity contribution in [1.29, 1.82) is 0 Å². The molecule has 2 aromatic rings. The van der Waals surface area contributed by atoms with E-state index in [9.17, 15) is 4.79 Å². The molecule has 1 aliphatic rings. The van der Waals surface area contributed by atoms with Crippen LogP contribution < -0.4 is 20.1 Å². The van der Waals surface area contributed by atoms with Gasteiger partial charge in [-0.25, -0.2) is 4.79 Å². The highest BCUT2D eigenvalue weighted by atomic mass is 32.1. The quantitative estimate of drug-likeness (QED) is 0.911. The highest BCUT2D eigenvalue weighted by molar-refractivity contribution is 7.10. The van der Waals surface area contributed by atoms with Gasteiger partial charge in [-0.15, -0.1) is 11.3 Å². The zero-order valence-electron chi connectivity index (χ0n) is 12.2. The number of hydrogen-bond donors (Lipinski definition) is 2. The van der Waals surface area contributed by atoms with Crippen molar-refractivity contribution in [3.63, 3.8) is 0 Å². The third kappa shape index (κ3) is 3.51. The summed E-state index contributed by atoms with van der Waals surface area (Å²) < 4.78 is 11.4. The maximum absolute atomic E-state index is 11.9. The zero-order valence-corrected chi connectivity index (χ0v) is 13.1. The zero-order chi connectivity index (χ0) is 15.4. The number of para-hydroxylation sites is 2. The molecule has 2 N–H and O–H groups in total. The van der Waals surface area contributed by atoms with Crippen molar-refractivity contribution in [1.82, 2.24) is 10.6 Å². The second kappa shape index (κ2) is 6.70. The molecule has 116 valence electrons. The monoisotopic (exact) mass is 318 g/mol. The predicted octanol–water partition coefficient (Wildman–Crippen LogP) is 2.95.